The van der Waals surface area contributed by atoms with Gasteiger partial charge in [-0.05, 0) is 42.5 Å². The Hall–Kier alpha value is -4.40. The Morgan fingerprint density at radius 2 is 1.66 bits per heavy atom. The van der Waals surface area contributed by atoms with Gasteiger partial charge in [0, 0.05) is 6.07 Å². The smallest absolute Gasteiger partial charge is 0.323 e. The summed E-state index contributed by atoms with van der Waals surface area (Å²) in [5.74, 6) is 1.24. The molecule has 4 aromatic rings. The zero-order valence-corrected chi connectivity index (χ0v) is 17.3. The van der Waals surface area contributed by atoms with Crippen LogP contribution in [0.3, 0.4) is 0 Å². The van der Waals surface area contributed by atoms with Crippen LogP contribution < -0.4 is 24.8 Å². The molecule has 1 aromatic heterocycles. The SMILES string of the molecule is COc1cc2ncnc(Oc3ccc(N(C(N)=O)c4ccccc4F)cc3)c2cc1OC. The number of carbonyl (C=O) groups is 1. The number of rotatable bonds is 6. The van der Waals surface area contributed by atoms with E-state index in [-0.39, 0.29) is 5.69 Å². The van der Waals surface area contributed by atoms with Crippen LogP contribution in [0.4, 0.5) is 20.6 Å². The molecule has 0 saturated carbocycles. The first kappa shape index (κ1) is 20.9. The Balaban J connectivity index is 1.66. The normalized spacial score (nSPS) is 10.6. The average Bonchev–Trinajstić information content (AvgIpc) is 2.80. The number of nitrogens with two attached hydrogens (primary N) is 1. The second-order valence-electron chi connectivity index (χ2n) is 6.62. The first-order chi connectivity index (χ1) is 15.5. The molecule has 0 atom stereocenters. The predicted octanol–water partition coefficient (Wildman–Crippen LogP) is 4.80. The molecule has 9 heteroatoms. The highest BCUT2D eigenvalue weighted by molar-refractivity contribution is 5.98. The van der Waals surface area contributed by atoms with Crippen LogP contribution in [0.5, 0.6) is 23.1 Å². The summed E-state index contributed by atoms with van der Waals surface area (Å²) >= 11 is 0. The van der Waals surface area contributed by atoms with Crippen molar-refractivity contribution in [3.8, 4) is 23.1 Å². The summed E-state index contributed by atoms with van der Waals surface area (Å²) in [6.45, 7) is 0. The highest BCUT2D eigenvalue weighted by atomic mass is 19.1. The van der Waals surface area contributed by atoms with Crippen molar-refractivity contribution in [3.05, 3.63) is 72.8 Å². The Kier molecular flexibility index (Phi) is 5.71. The summed E-state index contributed by atoms with van der Waals surface area (Å²) in [5, 5.41) is 0.624. The van der Waals surface area contributed by atoms with Crippen molar-refractivity contribution >= 4 is 28.3 Å². The van der Waals surface area contributed by atoms with Gasteiger partial charge in [-0.2, -0.15) is 0 Å². The quantitative estimate of drug-likeness (QED) is 0.468. The molecule has 0 aliphatic heterocycles. The lowest BCUT2D eigenvalue weighted by Crippen LogP contribution is -2.32. The number of anilines is 2. The van der Waals surface area contributed by atoms with E-state index in [0.29, 0.717) is 39.7 Å². The first-order valence-electron chi connectivity index (χ1n) is 9.50. The van der Waals surface area contributed by atoms with Crippen LogP contribution in [0.25, 0.3) is 10.9 Å². The number of halogens is 1. The Morgan fingerprint density at radius 1 is 0.969 bits per heavy atom. The zero-order valence-electron chi connectivity index (χ0n) is 17.3. The van der Waals surface area contributed by atoms with Gasteiger partial charge in [0.15, 0.2) is 11.5 Å². The third-order valence-corrected chi connectivity index (χ3v) is 4.73. The lowest BCUT2D eigenvalue weighted by atomic mass is 10.2. The second-order valence-corrected chi connectivity index (χ2v) is 6.62. The third-order valence-electron chi connectivity index (χ3n) is 4.73. The lowest BCUT2D eigenvalue weighted by molar-refractivity contribution is 0.256. The molecule has 0 fully saturated rings. The molecular formula is C23H19FN4O4. The molecule has 32 heavy (non-hydrogen) atoms. The molecule has 0 radical (unpaired) electrons. The molecule has 0 aliphatic carbocycles. The van der Waals surface area contributed by atoms with Crippen molar-refractivity contribution in [1.82, 2.24) is 9.97 Å². The first-order valence-corrected chi connectivity index (χ1v) is 9.50. The Morgan fingerprint density at radius 3 is 2.31 bits per heavy atom. The number of benzene rings is 3. The molecule has 4 rings (SSSR count). The number of fused-ring (bicyclic) bond motifs is 1. The van der Waals surface area contributed by atoms with Crippen LogP contribution in [0.2, 0.25) is 0 Å². The van der Waals surface area contributed by atoms with Gasteiger partial charge in [-0.25, -0.2) is 19.2 Å². The molecule has 1 heterocycles. The number of hydrogen-bond donors (Lipinski definition) is 1. The van der Waals surface area contributed by atoms with E-state index in [4.69, 9.17) is 19.9 Å². The molecule has 0 unspecified atom stereocenters. The van der Waals surface area contributed by atoms with E-state index in [1.165, 1.54) is 31.6 Å². The van der Waals surface area contributed by atoms with E-state index in [1.54, 1.807) is 49.6 Å². The number of methoxy groups -OCH3 is 2. The average molecular weight is 434 g/mol. The van der Waals surface area contributed by atoms with Crippen molar-refractivity contribution in [3.63, 3.8) is 0 Å². The molecule has 0 bridgehead atoms. The summed E-state index contributed by atoms with van der Waals surface area (Å²) < 4.78 is 30.8. The molecule has 162 valence electrons. The predicted molar refractivity (Wildman–Crippen MR) is 117 cm³/mol. The molecule has 3 aromatic carbocycles. The maximum absolute atomic E-state index is 14.2. The standard InChI is InChI=1S/C23H19FN4O4/c1-30-20-11-16-18(12-21(20)31-2)26-13-27-22(16)32-15-9-7-14(8-10-15)28(23(25)29)19-6-4-3-5-17(19)24/h3-13H,1-2H3,(H2,25,29). The number of ether oxygens (including phenoxy) is 3. The van der Waals surface area contributed by atoms with Gasteiger partial charge in [-0.3, -0.25) is 4.90 Å². The molecule has 8 nitrogen and oxygen atoms in total. The summed E-state index contributed by atoms with van der Waals surface area (Å²) in [7, 11) is 3.08. The van der Waals surface area contributed by atoms with Gasteiger partial charge in [0.05, 0.1) is 36.5 Å². The van der Waals surface area contributed by atoms with E-state index in [2.05, 4.69) is 9.97 Å². The number of para-hydroxylation sites is 1. The highest BCUT2D eigenvalue weighted by Crippen LogP contribution is 2.36. The minimum absolute atomic E-state index is 0.0523. The van der Waals surface area contributed by atoms with Crippen LogP contribution in [0.15, 0.2) is 67.0 Å². The van der Waals surface area contributed by atoms with Crippen molar-refractivity contribution in [1.29, 1.82) is 0 Å². The van der Waals surface area contributed by atoms with E-state index in [1.807, 2.05) is 0 Å². The molecule has 2 N–H and O–H groups in total. The fraction of sp³-hybridized carbons (Fsp3) is 0.0870. The number of amides is 2. The fourth-order valence-electron chi connectivity index (χ4n) is 3.23. The van der Waals surface area contributed by atoms with Gasteiger partial charge in [0.25, 0.3) is 0 Å². The number of urea groups is 1. The molecule has 2 amide bonds. The van der Waals surface area contributed by atoms with Crippen molar-refractivity contribution < 1.29 is 23.4 Å². The van der Waals surface area contributed by atoms with Crippen LogP contribution in [0, 0.1) is 5.82 Å². The number of carbonyl (C=O) groups excluding carboxylic acids is 1. The van der Waals surface area contributed by atoms with Crippen molar-refractivity contribution in [2.24, 2.45) is 5.73 Å². The van der Waals surface area contributed by atoms with E-state index in [0.717, 1.165) is 4.90 Å². The molecule has 0 aliphatic rings. The minimum Gasteiger partial charge on any atom is -0.493 e. The molecule has 0 saturated heterocycles. The van der Waals surface area contributed by atoms with E-state index < -0.39 is 11.8 Å². The van der Waals surface area contributed by atoms with E-state index in [9.17, 15) is 9.18 Å². The summed E-state index contributed by atoms with van der Waals surface area (Å²) in [6.07, 6.45) is 1.38. The number of aromatic nitrogens is 2. The van der Waals surface area contributed by atoms with Crippen molar-refractivity contribution in [2.75, 3.05) is 19.1 Å². The maximum Gasteiger partial charge on any atom is 0.323 e. The third kappa shape index (κ3) is 3.95. The maximum atomic E-state index is 14.2. The highest BCUT2D eigenvalue weighted by Gasteiger charge is 2.19. The van der Waals surface area contributed by atoms with Crippen LogP contribution >= 0.6 is 0 Å². The summed E-state index contributed by atoms with van der Waals surface area (Å²) in [6, 6.07) is 15.0. The number of hydrogen-bond acceptors (Lipinski definition) is 6. The van der Waals surface area contributed by atoms with Gasteiger partial charge in [-0.15, -0.1) is 0 Å². The van der Waals surface area contributed by atoms with Crippen LogP contribution in [-0.4, -0.2) is 30.2 Å². The van der Waals surface area contributed by atoms with Gasteiger partial charge in [0.1, 0.15) is 17.9 Å². The van der Waals surface area contributed by atoms with Gasteiger partial charge < -0.3 is 19.9 Å². The van der Waals surface area contributed by atoms with Crippen LogP contribution in [0.1, 0.15) is 0 Å². The molecule has 0 spiro atoms. The molecular weight excluding hydrogens is 415 g/mol. The zero-order chi connectivity index (χ0) is 22.7. The summed E-state index contributed by atoms with van der Waals surface area (Å²) in [4.78, 5) is 21.5. The van der Waals surface area contributed by atoms with Gasteiger partial charge in [0.2, 0.25) is 5.88 Å². The van der Waals surface area contributed by atoms with Gasteiger partial charge >= 0.3 is 6.03 Å². The van der Waals surface area contributed by atoms with Crippen molar-refractivity contribution in [2.45, 2.75) is 0 Å². The Labute approximate surface area is 183 Å². The second kappa shape index (κ2) is 8.76. The fourth-order valence-corrected chi connectivity index (χ4v) is 3.23. The topological polar surface area (TPSA) is 99.8 Å². The minimum atomic E-state index is -0.813. The van der Waals surface area contributed by atoms with Gasteiger partial charge in [-0.1, -0.05) is 12.1 Å². The number of primary amides is 1. The van der Waals surface area contributed by atoms with Crippen LogP contribution in [-0.2, 0) is 0 Å². The lowest BCUT2D eigenvalue weighted by Gasteiger charge is -2.21. The summed E-state index contributed by atoms with van der Waals surface area (Å²) in [5.41, 5.74) is 6.54. The largest absolute Gasteiger partial charge is 0.493 e. The van der Waals surface area contributed by atoms with E-state index >= 15 is 0 Å². The monoisotopic (exact) mass is 434 g/mol. The number of nitrogens with zero attached hydrogens (tertiary/aromatic N) is 3. The Bertz CT molecular complexity index is 1280.